The summed E-state index contributed by atoms with van der Waals surface area (Å²) in [7, 11) is 0. The zero-order valence-electron chi connectivity index (χ0n) is 13.8. The van der Waals surface area contributed by atoms with E-state index in [-0.39, 0.29) is 24.4 Å². The summed E-state index contributed by atoms with van der Waals surface area (Å²) >= 11 is 0. The lowest BCUT2D eigenvalue weighted by Gasteiger charge is -2.31. The van der Waals surface area contributed by atoms with E-state index >= 15 is 0 Å². The Bertz CT molecular complexity index is 835. The van der Waals surface area contributed by atoms with Gasteiger partial charge in [0.05, 0.1) is 24.2 Å². The van der Waals surface area contributed by atoms with Crippen LogP contribution in [-0.4, -0.2) is 39.8 Å². The smallest absolute Gasteiger partial charge is 0.409 e. The monoisotopic (exact) mass is 327 g/mol. The van der Waals surface area contributed by atoms with Gasteiger partial charge in [-0.2, -0.15) is 0 Å². The van der Waals surface area contributed by atoms with Crippen molar-refractivity contribution in [1.29, 1.82) is 0 Å². The van der Waals surface area contributed by atoms with E-state index in [1.165, 1.54) is 0 Å². The molecule has 0 N–H and O–H groups in total. The predicted molar refractivity (Wildman–Crippen MR) is 91.9 cm³/mol. The molecule has 1 aromatic carbocycles. The molecule has 0 saturated carbocycles. The van der Waals surface area contributed by atoms with E-state index in [2.05, 4.69) is 5.92 Å². The molecular weight excluding hydrogens is 306 g/mol. The predicted octanol–water partition coefficient (Wildman–Crippen LogP) is 2.23. The van der Waals surface area contributed by atoms with Gasteiger partial charge >= 0.3 is 11.8 Å². The highest BCUT2D eigenvalue weighted by molar-refractivity contribution is 5.76. The number of hydrogen-bond acceptors (Lipinski definition) is 3. The molecule has 0 atom stereocenters. The second-order valence-electron chi connectivity index (χ2n) is 5.85. The summed E-state index contributed by atoms with van der Waals surface area (Å²) < 4.78 is 8.51. The number of rotatable bonds is 3. The van der Waals surface area contributed by atoms with E-state index in [1.54, 1.807) is 16.4 Å². The number of para-hydroxylation sites is 2. The van der Waals surface area contributed by atoms with Crippen LogP contribution in [0.3, 0.4) is 0 Å². The SMILES string of the molecule is C#CCn1c(=O)n(C2CCN(C(=O)OCC)CC2)c2ccccc21. The Morgan fingerprint density at radius 2 is 1.96 bits per heavy atom. The van der Waals surface area contributed by atoms with Crippen molar-refractivity contribution in [2.24, 2.45) is 0 Å². The number of amides is 1. The van der Waals surface area contributed by atoms with Crippen LogP contribution < -0.4 is 5.69 Å². The second-order valence-corrected chi connectivity index (χ2v) is 5.85. The first-order valence-corrected chi connectivity index (χ1v) is 8.22. The van der Waals surface area contributed by atoms with Crippen molar-refractivity contribution in [3.8, 4) is 12.3 Å². The van der Waals surface area contributed by atoms with Crippen molar-refractivity contribution < 1.29 is 9.53 Å². The van der Waals surface area contributed by atoms with Gasteiger partial charge in [-0.15, -0.1) is 6.42 Å². The van der Waals surface area contributed by atoms with E-state index in [9.17, 15) is 9.59 Å². The first-order chi connectivity index (χ1) is 11.7. The van der Waals surface area contributed by atoms with Gasteiger partial charge in [-0.05, 0) is 31.9 Å². The number of carbonyl (C=O) groups excluding carboxylic acids is 1. The molecule has 24 heavy (non-hydrogen) atoms. The fraction of sp³-hybridized carbons (Fsp3) is 0.444. The maximum Gasteiger partial charge on any atom is 0.409 e. The lowest BCUT2D eigenvalue weighted by Crippen LogP contribution is -2.41. The van der Waals surface area contributed by atoms with Crippen molar-refractivity contribution >= 4 is 17.1 Å². The molecule has 1 saturated heterocycles. The second kappa shape index (κ2) is 6.83. The van der Waals surface area contributed by atoms with Gasteiger partial charge in [-0.25, -0.2) is 9.59 Å². The minimum absolute atomic E-state index is 0.0621. The summed E-state index contributed by atoms with van der Waals surface area (Å²) in [5.41, 5.74) is 1.67. The van der Waals surface area contributed by atoms with E-state index in [1.807, 2.05) is 28.8 Å². The van der Waals surface area contributed by atoms with Crippen molar-refractivity contribution in [3.63, 3.8) is 0 Å². The van der Waals surface area contributed by atoms with Gasteiger partial charge in [-0.3, -0.25) is 9.13 Å². The lowest BCUT2D eigenvalue weighted by molar-refractivity contribution is 0.0927. The van der Waals surface area contributed by atoms with Crippen LogP contribution in [-0.2, 0) is 11.3 Å². The van der Waals surface area contributed by atoms with Crippen molar-refractivity contribution in [2.75, 3.05) is 19.7 Å². The Morgan fingerprint density at radius 1 is 1.29 bits per heavy atom. The first kappa shape index (κ1) is 16.2. The van der Waals surface area contributed by atoms with Crippen molar-refractivity contribution in [1.82, 2.24) is 14.0 Å². The molecule has 6 nitrogen and oxygen atoms in total. The van der Waals surface area contributed by atoms with E-state index in [4.69, 9.17) is 11.2 Å². The van der Waals surface area contributed by atoms with Gasteiger partial charge in [0, 0.05) is 19.1 Å². The molecule has 0 bridgehead atoms. The topological polar surface area (TPSA) is 56.5 Å². The average molecular weight is 327 g/mol. The fourth-order valence-electron chi connectivity index (χ4n) is 3.35. The van der Waals surface area contributed by atoms with Crippen LogP contribution in [0.5, 0.6) is 0 Å². The minimum Gasteiger partial charge on any atom is -0.450 e. The van der Waals surface area contributed by atoms with Crippen LogP contribution in [0, 0.1) is 12.3 Å². The number of nitrogens with zero attached hydrogens (tertiary/aromatic N) is 3. The standard InChI is InChI=1S/C18H21N3O3/c1-3-11-20-15-7-5-6-8-16(15)21(17(20)22)14-9-12-19(13-10-14)18(23)24-4-2/h1,5-8,14H,4,9-13H2,2H3. The Kier molecular flexibility index (Phi) is 4.61. The number of benzene rings is 1. The highest BCUT2D eigenvalue weighted by Gasteiger charge is 2.27. The summed E-state index contributed by atoms with van der Waals surface area (Å²) in [6, 6.07) is 7.75. The molecule has 1 fully saturated rings. The molecule has 6 heteroatoms. The van der Waals surface area contributed by atoms with E-state index in [0.717, 1.165) is 23.9 Å². The third-order valence-electron chi connectivity index (χ3n) is 4.47. The third kappa shape index (κ3) is 2.78. The Labute approximate surface area is 140 Å². The number of carbonyl (C=O) groups is 1. The van der Waals surface area contributed by atoms with Gasteiger partial charge in [0.2, 0.25) is 0 Å². The molecule has 0 radical (unpaired) electrons. The number of imidazole rings is 1. The number of terminal acetylenes is 1. The van der Waals surface area contributed by atoms with E-state index < -0.39 is 0 Å². The molecule has 0 unspecified atom stereocenters. The van der Waals surface area contributed by atoms with Gasteiger partial charge in [0.25, 0.3) is 0 Å². The molecule has 2 aromatic rings. The number of piperidine rings is 1. The number of fused-ring (bicyclic) bond motifs is 1. The molecule has 1 aliphatic rings. The number of hydrogen-bond donors (Lipinski definition) is 0. The number of likely N-dealkylation sites (tertiary alicyclic amines) is 1. The maximum absolute atomic E-state index is 12.8. The zero-order chi connectivity index (χ0) is 17.1. The molecule has 1 aromatic heterocycles. The van der Waals surface area contributed by atoms with Crippen LogP contribution in [0.4, 0.5) is 4.79 Å². The summed E-state index contributed by atoms with van der Waals surface area (Å²) in [6.45, 7) is 3.60. The fourth-order valence-corrected chi connectivity index (χ4v) is 3.35. The quantitative estimate of drug-likeness (QED) is 0.812. The Morgan fingerprint density at radius 3 is 2.58 bits per heavy atom. The number of aromatic nitrogens is 2. The van der Waals surface area contributed by atoms with Crippen LogP contribution in [0.25, 0.3) is 11.0 Å². The highest BCUT2D eigenvalue weighted by Crippen LogP contribution is 2.26. The molecule has 126 valence electrons. The van der Waals surface area contributed by atoms with Gasteiger partial charge in [0.15, 0.2) is 0 Å². The summed E-state index contributed by atoms with van der Waals surface area (Å²) in [6.07, 6.45) is 6.58. The van der Waals surface area contributed by atoms with Crippen LogP contribution in [0.15, 0.2) is 29.1 Å². The maximum atomic E-state index is 12.8. The molecule has 0 aliphatic carbocycles. The normalized spacial score (nSPS) is 15.4. The summed E-state index contributed by atoms with van der Waals surface area (Å²) in [4.78, 5) is 26.3. The zero-order valence-corrected chi connectivity index (χ0v) is 13.8. The largest absolute Gasteiger partial charge is 0.450 e. The van der Waals surface area contributed by atoms with Crippen LogP contribution in [0.1, 0.15) is 25.8 Å². The van der Waals surface area contributed by atoms with Crippen LogP contribution in [0.2, 0.25) is 0 Å². The van der Waals surface area contributed by atoms with Crippen molar-refractivity contribution in [2.45, 2.75) is 32.4 Å². The Balaban J connectivity index is 1.89. The number of ether oxygens (including phenoxy) is 1. The molecule has 0 spiro atoms. The minimum atomic E-state index is -0.280. The van der Waals surface area contributed by atoms with E-state index in [0.29, 0.717) is 19.7 Å². The molecular formula is C18H21N3O3. The lowest BCUT2D eigenvalue weighted by atomic mass is 10.0. The van der Waals surface area contributed by atoms with Crippen LogP contribution >= 0.6 is 0 Å². The molecule has 1 amide bonds. The average Bonchev–Trinajstić information content (AvgIpc) is 2.88. The van der Waals surface area contributed by atoms with Crippen molar-refractivity contribution in [3.05, 3.63) is 34.7 Å². The summed E-state index contributed by atoms with van der Waals surface area (Å²) in [5, 5.41) is 0. The molecule has 2 heterocycles. The summed E-state index contributed by atoms with van der Waals surface area (Å²) in [5.74, 6) is 2.55. The van der Waals surface area contributed by atoms with Gasteiger partial charge in [0.1, 0.15) is 0 Å². The Hall–Kier alpha value is -2.68. The van der Waals surface area contributed by atoms with Gasteiger partial charge in [-0.1, -0.05) is 18.1 Å². The first-order valence-electron chi connectivity index (χ1n) is 8.22. The molecule has 3 rings (SSSR count). The third-order valence-corrected chi connectivity index (χ3v) is 4.47. The molecule has 1 aliphatic heterocycles. The highest BCUT2D eigenvalue weighted by atomic mass is 16.6. The van der Waals surface area contributed by atoms with Gasteiger partial charge < -0.3 is 9.64 Å².